The molecule has 1 rings (SSSR count). The highest BCUT2D eigenvalue weighted by Gasteiger charge is 2.38. The predicted octanol–water partition coefficient (Wildman–Crippen LogP) is 2.78. The molecule has 5 heteroatoms. The Kier molecular flexibility index (Phi) is 3.55. The van der Waals surface area contributed by atoms with Gasteiger partial charge in [-0.15, -0.1) is 11.3 Å². The first-order chi connectivity index (χ1) is 6.43. The van der Waals surface area contributed by atoms with Crippen LogP contribution in [0.5, 0.6) is 0 Å². The Hall–Kier alpha value is -0.550. The van der Waals surface area contributed by atoms with Gasteiger partial charge in [-0.05, 0) is 18.6 Å². The van der Waals surface area contributed by atoms with Gasteiger partial charge in [-0.3, -0.25) is 0 Å². The van der Waals surface area contributed by atoms with Crippen LogP contribution in [-0.4, -0.2) is 17.4 Å². The average Bonchev–Trinajstić information content (AvgIpc) is 2.50. The Morgan fingerprint density at radius 1 is 1.36 bits per heavy atom. The minimum Gasteiger partial charge on any atom is -0.383 e. The third-order valence-corrected chi connectivity index (χ3v) is 3.09. The zero-order valence-corrected chi connectivity index (χ0v) is 8.45. The van der Waals surface area contributed by atoms with Crippen LogP contribution in [0.4, 0.5) is 13.2 Å². The molecule has 0 aromatic carbocycles. The topological polar surface area (TPSA) is 20.2 Å². The highest BCUT2D eigenvalue weighted by molar-refractivity contribution is 7.11. The van der Waals surface area contributed by atoms with E-state index >= 15 is 0 Å². The summed E-state index contributed by atoms with van der Waals surface area (Å²) in [6.07, 6.45) is -6.29. The number of aliphatic hydroxyl groups is 1. The van der Waals surface area contributed by atoms with E-state index < -0.39 is 12.3 Å². The van der Waals surface area contributed by atoms with Crippen LogP contribution in [0.25, 0.3) is 0 Å². The summed E-state index contributed by atoms with van der Waals surface area (Å²) in [6, 6.07) is 3.43. The van der Waals surface area contributed by atoms with Crippen molar-refractivity contribution in [2.24, 2.45) is 0 Å². The van der Waals surface area contributed by atoms with E-state index in [0.29, 0.717) is 4.88 Å². The van der Waals surface area contributed by atoms with Gasteiger partial charge in [0.05, 0.1) is 0 Å². The number of thiophene rings is 1. The van der Waals surface area contributed by atoms with Gasteiger partial charge in [0.15, 0.2) is 6.10 Å². The normalized spacial score (nSPS) is 14.4. The molecule has 0 saturated heterocycles. The molecule has 0 aliphatic heterocycles. The molecule has 1 N–H and O–H groups in total. The summed E-state index contributed by atoms with van der Waals surface area (Å²) in [4.78, 5) is 1.61. The molecule has 1 nitrogen and oxygen atoms in total. The van der Waals surface area contributed by atoms with Crippen LogP contribution in [0.1, 0.15) is 16.7 Å². The lowest BCUT2D eigenvalue weighted by Crippen LogP contribution is -2.30. The van der Waals surface area contributed by atoms with E-state index in [-0.39, 0.29) is 6.42 Å². The monoisotopic (exact) mass is 224 g/mol. The molecule has 0 aliphatic carbocycles. The SMILES string of the molecule is CCc1ccc(C[C@@H](O)C(F)(F)F)s1. The molecule has 80 valence electrons. The van der Waals surface area contributed by atoms with Crippen molar-refractivity contribution >= 4 is 11.3 Å². The number of alkyl halides is 3. The second kappa shape index (κ2) is 4.31. The lowest BCUT2D eigenvalue weighted by atomic mass is 10.2. The van der Waals surface area contributed by atoms with Gasteiger partial charge >= 0.3 is 6.18 Å². The molecule has 1 heterocycles. The number of halogens is 3. The lowest BCUT2D eigenvalue weighted by molar-refractivity contribution is -0.202. The Balaban J connectivity index is 2.60. The van der Waals surface area contributed by atoms with Gasteiger partial charge in [0, 0.05) is 16.2 Å². The number of hydrogen-bond acceptors (Lipinski definition) is 2. The molecule has 1 aromatic heterocycles. The van der Waals surface area contributed by atoms with Gasteiger partial charge in [-0.2, -0.15) is 13.2 Å². The predicted molar refractivity (Wildman–Crippen MR) is 49.5 cm³/mol. The number of hydrogen-bond donors (Lipinski definition) is 1. The quantitative estimate of drug-likeness (QED) is 0.837. The van der Waals surface area contributed by atoms with Crippen LogP contribution < -0.4 is 0 Å². The second-order valence-electron chi connectivity index (χ2n) is 2.98. The maximum atomic E-state index is 12.0. The fourth-order valence-electron chi connectivity index (χ4n) is 1.03. The van der Waals surface area contributed by atoms with Gasteiger partial charge in [-0.25, -0.2) is 0 Å². The third-order valence-electron chi connectivity index (χ3n) is 1.84. The molecule has 0 fully saturated rings. The Morgan fingerprint density at radius 3 is 2.36 bits per heavy atom. The molecule has 0 aliphatic rings. The molecule has 1 aromatic rings. The second-order valence-corrected chi connectivity index (χ2v) is 4.24. The Morgan fingerprint density at radius 2 is 1.93 bits per heavy atom. The van der Waals surface area contributed by atoms with Crippen LogP contribution >= 0.6 is 11.3 Å². The van der Waals surface area contributed by atoms with Crippen molar-refractivity contribution in [3.05, 3.63) is 21.9 Å². The minimum absolute atomic E-state index is 0.339. The van der Waals surface area contributed by atoms with E-state index in [0.717, 1.165) is 11.3 Å². The van der Waals surface area contributed by atoms with E-state index in [9.17, 15) is 13.2 Å². The first-order valence-electron chi connectivity index (χ1n) is 4.26. The molecule has 0 bridgehead atoms. The largest absolute Gasteiger partial charge is 0.414 e. The van der Waals surface area contributed by atoms with Gasteiger partial charge in [-0.1, -0.05) is 6.92 Å². The molecule has 14 heavy (non-hydrogen) atoms. The fourth-order valence-corrected chi connectivity index (χ4v) is 2.02. The van der Waals surface area contributed by atoms with Crippen LogP contribution in [0.15, 0.2) is 12.1 Å². The molecule has 1 atom stereocenters. The van der Waals surface area contributed by atoms with Crippen molar-refractivity contribution < 1.29 is 18.3 Å². The smallest absolute Gasteiger partial charge is 0.383 e. The van der Waals surface area contributed by atoms with Crippen molar-refractivity contribution in [2.45, 2.75) is 32.0 Å². The molecule has 0 amide bonds. The summed E-state index contributed by atoms with van der Waals surface area (Å²) in [5.74, 6) is 0. The van der Waals surface area contributed by atoms with E-state index in [1.807, 2.05) is 6.92 Å². The van der Waals surface area contributed by atoms with Gasteiger partial charge < -0.3 is 5.11 Å². The summed E-state index contributed by atoms with van der Waals surface area (Å²) < 4.78 is 35.9. The van der Waals surface area contributed by atoms with Crippen molar-refractivity contribution in [3.8, 4) is 0 Å². The molecular formula is C9H11F3OS. The van der Waals surface area contributed by atoms with Gasteiger partial charge in [0.2, 0.25) is 0 Å². The van der Waals surface area contributed by atoms with Gasteiger partial charge in [0.25, 0.3) is 0 Å². The standard InChI is InChI=1S/C9H11F3OS/c1-2-6-3-4-7(14-6)5-8(13)9(10,11)12/h3-4,8,13H,2,5H2,1H3/t8-/m1/s1. The van der Waals surface area contributed by atoms with E-state index in [1.165, 1.54) is 11.3 Å². The number of rotatable bonds is 3. The minimum atomic E-state index is -4.52. The fraction of sp³-hybridized carbons (Fsp3) is 0.556. The Labute approximate surface area is 84.2 Å². The molecular weight excluding hydrogens is 213 g/mol. The van der Waals surface area contributed by atoms with Crippen LogP contribution in [0, 0.1) is 0 Å². The van der Waals surface area contributed by atoms with Gasteiger partial charge in [0.1, 0.15) is 0 Å². The van der Waals surface area contributed by atoms with Crippen molar-refractivity contribution in [3.63, 3.8) is 0 Å². The highest BCUT2D eigenvalue weighted by atomic mass is 32.1. The zero-order valence-electron chi connectivity index (χ0n) is 7.64. The van der Waals surface area contributed by atoms with E-state index in [2.05, 4.69) is 0 Å². The van der Waals surface area contributed by atoms with Crippen LogP contribution in [0.3, 0.4) is 0 Å². The average molecular weight is 224 g/mol. The molecule has 0 spiro atoms. The molecule has 0 unspecified atom stereocenters. The molecule has 0 saturated carbocycles. The maximum absolute atomic E-state index is 12.0. The van der Waals surface area contributed by atoms with Crippen LogP contribution in [0.2, 0.25) is 0 Å². The van der Waals surface area contributed by atoms with Crippen molar-refractivity contribution in [1.29, 1.82) is 0 Å². The van der Waals surface area contributed by atoms with Crippen molar-refractivity contribution in [1.82, 2.24) is 0 Å². The number of aryl methyl sites for hydroxylation is 1. The molecule has 0 radical (unpaired) electrons. The summed E-state index contributed by atoms with van der Waals surface area (Å²) in [5.41, 5.74) is 0. The van der Waals surface area contributed by atoms with E-state index in [1.54, 1.807) is 12.1 Å². The zero-order chi connectivity index (χ0) is 10.8. The first-order valence-corrected chi connectivity index (χ1v) is 5.07. The summed E-state index contributed by atoms with van der Waals surface area (Å²) in [5, 5.41) is 8.80. The maximum Gasteiger partial charge on any atom is 0.414 e. The summed E-state index contributed by atoms with van der Waals surface area (Å²) in [6.45, 7) is 1.94. The Bertz CT molecular complexity index is 292. The van der Waals surface area contributed by atoms with Crippen LogP contribution in [-0.2, 0) is 12.8 Å². The van der Waals surface area contributed by atoms with E-state index in [4.69, 9.17) is 5.11 Å². The lowest BCUT2D eigenvalue weighted by Gasteiger charge is -2.12. The highest BCUT2D eigenvalue weighted by Crippen LogP contribution is 2.26. The summed E-state index contributed by atoms with van der Waals surface area (Å²) in [7, 11) is 0. The third kappa shape index (κ3) is 2.99. The van der Waals surface area contributed by atoms with Crippen molar-refractivity contribution in [2.75, 3.05) is 0 Å². The first kappa shape index (κ1) is 11.5. The summed E-state index contributed by atoms with van der Waals surface area (Å²) >= 11 is 1.32. The number of aliphatic hydroxyl groups excluding tert-OH is 1.